The fourth-order valence-electron chi connectivity index (χ4n) is 7.45. The first-order chi connectivity index (χ1) is 22.9. The zero-order valence-corrected chi connectivity index (χ0v) is 26.3. The van der Waals surface area contributed by atoms with Gasteiger partial charge in [0.15, 0.2) is 0 Å². The quantitative estimate of drug-likeness (QED) is 0.172. The summed E-state index contributed by atoms with van der Waals surface area (Å²) in [5.41, 5.74) is 5.52. The van der Waals surface area contributed by atoms with Crippen molar-refractivity contribution < 1.29 is 19.2 Å². The van der Waals surface area contributed by atoms with Gasteiger partial charge in [0.05, 0.1) is 33.3 Å². The number of nitrogens with zero attached hydrogens (tertiary/aromatic N) is 4. The molecule has 0 radical (unpaired) electrons. The van der Waals surface area contributed by atoms with Crippen molar-refractivity contribution in [2.45, 2.75) is 6.42 Å². The molecule has 2 aliphatic rings. The first kappa shape index (κ1) is 29.1. The molecule has 4 aromatic carbocycles. The molecule has 0 aliphatic carbocycles. The van der Waals surface area contributed by atoms with Gasteiger partial charge in [-0.05, 0) is 43.8 Å². The minimum absolute atomic E-state index is 0.251. The van der Waals surface area contributed by atoms with Crippen LogP contribution in [0.1, 0.15) is 47.9 Å². The van der Waals surface area contributed by atoms with Crippen LogP contribution < -0.4 is 10.6 Å². The Hall–Kier alpha value is -5.32. The lowest BCUT2D eigenvalue weighted by Gasteiger charge is -2.15. The van der Waals surface area contributed by atoms with Gasteiger partial charge in [-0.1, -0.05) is 48.5 Å². The van der Waals surface area contributed by atoms with Gasteiger partial charge >= 0.3 is 0 Å². The van der Waals surface area contributed by atoms with Gasteiger partial charge in [0.1, 0.15) is 0 Å². The van der Waals surface area contributed by atoms with Crippen molar-refractivity contribution in [3.8, 4) is 0 Å². The van der Waals surface area contributed by atoms with Crippen LogP contribution in [0.2, 0.25) is 0 Å². The Balaban J connectivity index is 0.820. The van der Waals surface area contributed by atoms with Crippen LogP contribution in [0, 0.1) is 0 Å². The number of rotatable bonds is 10. The molecule has 2 aromatic heterocycles. The maximum absolute atomic E-state index is 13.4. The number of nitrogens with one attached hydrogen (secondary N) is 2. The maximum atomic E-state index is 13.4. The fraction of sp³-hybridized carbons (Fsp3) is 0.243. The highest BCUT2D eigenvalue weighted by molar-refractivity contribution is 6.29. The topological polar surface area (TPSA) is 109 Å². The summed E-state index contributed by atoms with van der Waals surface area (Å²) in [5, 5.41) is 10.7. The summed E-state index contributed by atoms with van der Waals surface area (Å²) in [4.78, 5) is 55.9. The number of aryl methyl sites for hydroxylation is 2. The molecule has 0 spiro atoms. The van der Waals surface area contributed by atoms with Crippen molar-refractivity contribution in [2.75, 3.05) is 39.3 Å². The minimum Gasteiger partial charge on any atom is -0.343 e. The highest BCUT2D eigenvalue weighted by Crippen LogP contribution is 2.37. The molecule has 2 aliphatic heterocycles. The summed E-state index contributed by atoms with van der Waals surface area (Å²) in [6, 6.07) is 23.4. The molecule has 0 saturated carbocycles. The molecule has 10 heteroatoms. The van der Waals surface area contributed by atoms with Gasteiger partial charge in [-0.15, -0.1) is 0 Å². The first-order valence-corrected chi connectivity index (χ1v) is 16.0. The van der Waals surface area contributed by atoms with E-state index in [9.17, 15) is 19.2 Å². The molecular weight excluding hydrogens is 592 g/mol. The summed E-state index contributed by atoms with van der Waals surface area (Å²) >= 11 is 0. The number of aromatic nitrogens is 2. The van der Waals surface area contributed by atoms with E-state index < -0.39 is 0 Å². The van der Waals surface area contributed by atoms with Crippen LogP contribution >= 0.6 is 0 Å². The van der Waals surface area contributed by atoms with Crippen molar-refractivity contribution in [3.63, 3.8) is 0 Å². The Kier molecular flexibility index (Phi) is 6.93. The molecule has 4 amide bonds. The van der Waals surface area contributed by atoms with Gasteiger partial charge in [0.2, 0.25) is 0 Å². The number of hydrogen-bond acceptors (Lipinski definition) is 6. The molecule has 0 fully saturated rings. The third-order valence-corrected chi connectivity index (χ3v) is 9.74. The molecular formula is C37H34N6O4. The molecule has 236 valence electrons. The zero-order chi connectivity index (χ0) is 32.4. The monoisotopic (exact) mass is 626 g/mol. The number of fused-ring (bicyclic) bond motifs is 10. The van der Waals surface area contributed by atoms with Crippen LogP contribution in [-0.4, -0.2) is 81.8 Å². The highest BCUT2D eigenvalue weighted by Gasteiger charge is 2.39. The average Bonchev–Trinajstić information content (AvgIpc) is 3.72. The Morgan fingerprint density at radius 1 is 0.489 bits per heavy atom. The molecule has 0 atom stereocenters. The predicted molar refractivity (Wildman–Crippen MR) is 182 cm³/mol. The standard InChI is InChI=1S/C37H34N6O4/c1-40-28-10-5-3-8-22(28)24-12-14-26-30(32(24)40)36(46)42(34(26)44)20-18-38-16-7-17-39-19-21-43-35(45)27-15-13-25-23-9-4-6-11-29(23)41(2)33(25)31(27)37(43)47/h3-6,8-15,38-39H,7,16-21H2,1-2H3. The van der Waals surface area contributed by atoms with E-state index in [1.807, 2.05) is 83.9 Å². The first-order valence-electron chi connectivity index (χ1n) is 16.0. The van der Waals surface area contributed by atoms with Crippen LogP contribution in [0.15, 0.2) is 72.8 Å². The van der Waals surface area contributed by atoms with Gasteiger partial charge in [-0.25, -0.2) is 0 Å². The minimum atomic E-state index is -0.255. The molecule has 47 heavy (non-hydrogen) atoms. The van der Waals surface area contributed by atoms with Crippen molar-refractivity contribution in [2.24, 2.45) is 14.1 Å². The number of amides is 4. The van der Waals surface area contributed by atoms with Crippen LogP contribution in [0.3, 0.4) is 0 Å². The summed E-state index contributed by atoms with van der Waals surface area (Å²) in [7, 11) is 3.87. The van der Waals surface area contributed by atoms with E-state index in [-0.39, 0.29) is 36.7 Å². The number of hydrogen-bond donors (Lipinski definition) is 2. The van der Waals surface area contributed by atoms with Crippen molar-refractivity contribution in [3.05, 3.63) is 95.1 Å². The van der Waals surface area contributed by atoms with Crippen LogP contribution in [0.25, 0.3) is 43.6 Å². The largest absolute Gasteiger partial charge is 0.343 e. The van der Waals surface area contributed by atoms with Gasteiger partial charge in [-0.3, -0.25) is 29.0 Å². The van der Waals surface area contributed by atoms with Crippen molar-refractivity contribution in [1.29, 1.82) is 0 Å². The van der Waals surface area contributed by atoms with E-state index in [1.54, 1.807) is 12.1 Å². The van der Waals surface area contributed by atoms with E-state index in [4.69, 9.17) is 0 Å². The Morgan fingerprint density at radius 3 is 1.36 bits per heavy atom. The molecule has 0 saturated heterocycles. The molecule has 2 N–H and O–H groups in total. The molecule has 10 nitrogen and oxygen atoms in total. The van der Waals surface area contributed by atoms with E-state index in [2.05, 4.69) is 10.6 Å². The van der Waals surface area contributed by atoms with Gasteiger partial charge in [-0.2, -0.15) is 0 Å². The summed E-state index contributed by atoms with van der Waals surface area (Å²) < 4.78 is 4.00. The maximum Gasteiger partial charge on any atom is 0.263 e. The Labute approximate surface area is 270 Å². The second-order valence-electron chi connectivity index (χ2n) is 12.3. The van der Waals surface area contributed by atoms with E-state index in [0.717, 1.165) is 50.0 Å². The van der Waals surface area contributed by atoms with Crippen LogP contribution in [-0.2, 0) is 14.1 Å². The fourth-order valence-corrected chi connectivity index (χ4v) is 7.45. The highest BCUT2D eigenvalue weighted by atomic mass is 16.2. The predicted octanol–water partition coefficient (Wildman–Crippen LogP) is 4.44. The van der Waals surface area contributed by atoms with E-state index in [0.29, 0.717) is 48.4 Å². The smallest absolute Gasteiger partial charge is 0.263 e. The SMILES string of the molecule is Cn1c2ccccc2c2ccc3c(c21)C(=O)N(CCNCCCNCCN1C(=O)c2ccc4c5ccccc5n(C)c4c2C1=O)C3=O. The number of benzene rings is 4. The lowest BCUT2D eigenvalue weighted by atomic mass is 10.0. The third-order valence-electron chi connectivity index (χ3n) is 9.74. The van der Waals surface area contributed by atoms with Gasteiger partial charge in [0, 0.05) is 72.9 Å². The van der Waals surface area contributed by atoms with Crippen molar-refractivity contribution in [1.82, 2.24) is 29.6 Å². The van der Waals surface area contributed by atoms with Gasteiger partial charge < -0.3 is 19.8 Å². The lowest BCUT2D eigenvalue weighted by Crippen LogP contribution is -2.38. The molecule has 0 unspecified atom stereocenters. The van der Waals surface area contributed by atoms with Crippen molar-refractivity contribution >= 4 is 67.2 Å². The number of carbonyl (C=O) groups excluding carboxylic acids is 4. The molecule has 8 rings (SSSR count). The second-order valence-corrected chi connectivity index (χ2v) is 12.3. The summed E-state index contributed by atoms with van der Waals surface area (Å²) in [6.45, 7) is 2.93. The molecule has 4 heterocycles. The molecule has 6 aromatic rings. The molecule has 0 bridgehead atoms. The summed E-state index contributed by atoms with van der Waals surface area (Å²) in [6.07, 6.45) is 0.803. The number of carbonyl (C=O) groups is 4. The zero-order valence-electron chi connectivity index (χ0n) is 26.3. The Morgan fingerprint density at radius 2 is 0.915 bits per heavy atom. The van der Waals surface area contributed by atoms with Gasteiger partial charge in [0.25, 0.3) is 23.6 Å². The van der Waals surface area contributed by atoms with E-state index >= 15 is 0 Å². The normalized spacial score (nSPS) is 14.6. The van der Waals surface area contributed by atoms with E-state index in [1.165, 1.54) is 9.80 Å². The summed E-state index contributed by atoms with van der Waals surface area (Å²) in [5.74, 6) is -1.01. The average molecular weight is 627 g/mol. The Bertz CT molecular complexity index is 2150. The number of imide groups is 2. The lowest BCUT2D eigenvalue weighted by molar-refractivity contribution is 0.0641. The number of para-hydroxylation sites is 2. The third kappa shape index (κ3) is 4.32. The van der Waals surface area contributed by atoms with Crippen LogP contribution in [0.5, 0.6) is 0 Å². The van der Waals surface area contributed by atoms with Crippen LogP contribution in [0.4, 0.5) is 0 Å². The second kappa shape index (κ2) is 11.2.